The monoisotopic (exact) mass is 585 g/mol. The number of rotatable bonds is 16. The van der Waals surface area contributed by atoms with Crippen LogP contribution >= 0.6 is 0 Å². The van der Waals surface area contributed by atoms with E-state index in [9.17, 15) is 0 Å². The Morgan fingerprint density at radius 2 is 1.08 bits per heavy atom. The predicted molar refractivity (Wildman–Crippen MR) is 172 cm³/mol. The molecule has 38 heavy (non-hydrogen) atoms. The number of nitriles is 1. The molecule has 0 spiro atoms. The van der Waals surface area contributed by atoms with Crippen LogP contribution in [0.5, 0.6) is 0 Å². The maximum atomic E-state index is 9.05. The largest absolute Gasteiger partial charge is 0.436 e. The van der Waals surface area contributed by atoms with Crippen LogP contribution in [0.4, 0.5) is 0 Å². The fourth-order valence-electron chi connectivity index (χ4n) is 5.33. The Labute approximate surface area is 237 Å². The van der Waals surface area contributed by atoms with Gasteiger partial charge in [0.1, 0.15) is 0 Å². The molecule has 0 aliphatic heterocycles. The number of nitrogens with zero attached hydrogens (tertiary/aromatic N) is 1. The summed E-state index contributed by atoms with van der Waals surface area (Å²) < 4.78 is 20.5. The van der Waals surface area contributed by atoms with Crippen molar-refractivity contribution in [3.63, 3.8) is 0 Å². The van der Waals surface area contributed by atoms with Gasteiger partial charge in [0.15, 0.2) is 8.32 Å². The first kappa shape index (κ1) is 32.9. The lowest BCUT2D eigenvalue weighted by Crippen LogP contribution is -2.59. The Morgan fingerprint density at radius 1 is 0.605 bits per heavy atom. The molecule has 0 fully saturated rings. The van der Waals surface area contributed by atoms with Crippen LogP contribution in [0.3, 0.4) is 0 Å². The van der Waals surface area contributed by atoms with Gasteiger partial charge in [-0.1, -0.05) is 88.3 Å². The first-order chi connectivity index (χ1) is 17.7. The van der Waals surface area contributed by atoms with Crippen LogP contribution < -0.4 is 5.19 Å². The van der Waals surface area contributed by atoms with E-state index in [1.165, 1.54) is 56.2 Å². The highest BCUT2D eigenvalue weighted by Crippen LogP contribution is 2.27. The van der Waals surface area contributed by atoms with Gasteiger partial charge in [0.2, 0.25) is 8.32 Å². The third kappa shape index (κ3) is 11.4. The summed E-state index contributed by atoms with van der Waals surface area (Å²) in [6, 6.07) is 19.8. The highest BCUT2D eigenvalue weighted by Gasteiger charge is 2.43. The van der Waals surface area contributed by atoms with Gasteiger partial charge in [-0.25, -0.2) is 0 Å². The molecule has 4 nitrogen and oxygen atoms in total. The van der Waals surface area contributed by atoms with E-state index >= 15 is 0 Å². The molecular formula is C30H51NO3Si4. The maximum absolute atomic E-state index is 9.05. The molecule has 0 heterocycles. The number of benzene rings is 2. The van der Waals surface area contributed by atoms with Crippen molar-refractivity contribution < 1.29 is 12.3 Å². The van der Waals surface area contributed by atoms with E-state index in [-0.39, 0.29) is 0 Å². The fraction of sp³-hybridized carbons (Fsp3) is 0.567. The Balaban J connectivity index is 1.94. The van der Waals surface area contributed by atoms with Crippen LogP contribution in [0.2, 0.25) is 58.4 Å². The lowest BCUT2D eigenvalue weighted by Gasteiger charge is -2.41. The molecule has 2 rings (SSSR count). The average molecular weight is 586 g/mol. The average Bonchev–Trinajstić information content (AvgIpc) is 2.81. The van der Waals surface area contributed by atoms with Crippen LogP contribution in [-0.4, -0.2) is 33.8 Å². The molecule has 0 aliphatic carbocycles. The highest BCUT2D eigenvalue weighted by molar-refractivity contribution is 6.93. The second-order valence-electron chi connectivity index (χ2n) is 12.5. The van der Waals surface area contributed by atoms with Crippen LogP contribution in [0.25, 0.3) is 11.1 Å². The van der Waals surface area contributed by atoms with Gasteiger partial charge < -0.3 is 12.3 Å². The van der Waals surface area contributed by atoms with Crippen LogP contribution in [-0.2, 0) is 12.3 Å². The molecule has 0 aromatic heterocycles. The van der Waals surface area contributed by atoms with E-state index in [0.717, 1.165) is 11.1 Å². The summed E-state index contributed by atoms with van der Waals surface area (Å²) in [7, 11) is -8.70. The normalized spacial score (nSPS) is 12.9. The molecule has 0 radical (unpaired) electrons. The van der Waals surface area contributed by atoms with E-state index in [2.05, 4.69) is 89.6 Å². The van der Waals surface area contributed by atoms with E-state index in [4.69, 9.17) is 17.6 Å². The second kappa shape index (κ2) is 14.4. The third-order valence-corrected chi connectivity index (χ3v) is 22.2. The number of hydrogen-bond donors (Lipinski definition) is 0. The fourth-order valence-corrected chi connectivity index (χ4v) is 24.3. The van der Waals surface area contributed by atoms with Crippen molar-refractivity contribution in [3.8, 4) is 17.2 Å². The van der Waals surface area contributed by atoms with Crippen LogP contribution in [0, 0.1) is 11.3 Å². The Hall–Kier alpha value is -1.32. The summed E-state index contributed by atoms with van der Waals surface area (Å²) >= 11 is 0. The standard InChI is InChI=1S/C30H51NO3Si4/c1-10-11-12-13-14-15-16-25-35(2,3)32-37(6,7)34-38(8,9)33-36(4,5)30-23-21-29(22-24-30)28-19-17-27(26-31)18-20-28/h17-24H,10-16,25H2,1-9H3. The van der Waals surface area contributed by atoms with Crippen molar-refractivity contribution in [2.24, 2.45) is 0 Å². The number of unbranched alkanes of at least 4 members (excludes halogenated alkanes) is 6. The van der Waals surface area contributed by atoms with Crippen molar-refractivity contribution in [1.29, 1.82) is 5.26 Å². The smallest absolute Gasteiger partial charge is 0.312 e. The molecule has 0 atom stereocenters. The summed E-state index contributed by atoms with van der Waals surface area (Å²) in [5.41, 5.74) is 2.94. The highest BCUT2D eigenvalue weighted by atomic mass is 28.5. The van der Waals surface area contributed by atoms with Gasteiger partial charge in [-0.3, -0.25) is 0 Å². The summed E-state index contributed by atoms with van der Waals surface area (Å²) in [5.74, 6) is 0. The van der Waals surface area contributed by atoms with Gasteiger partial charge in [0.25, 0.3) is 0 Å². The van der Waals surface area contributed by atoms with Gasteiger partial charge in [-0.05, 0) is 86.9 Å². The molecule has 0 N–H and O–H groups in total. The zero-order valence-corrected chi connectivity index (χ0v) is 29.4. The lowest BCUT2D eigenvalue weighted by molar-refractivity contribution is 0.330. The van der Waals surface area contributed by atoms with Gasteiger partial charge in [-0.2, -0.15) is 5.26 Å². The third-order valence-electron chi connectivity index (χ3n) is 6.82. The van der Waals surface area contributed by atoms with E-state index in [1.54, 1.807) is 0 Å². The maximum Gasteiger partial charge on any atom is 0.312 e. The molecule has 2 aromatic rings. The van der Waals surface area contributed by atoms with Crippen LogP contribution in [0.1, 0.15) is 57.4 Å². The minimum absolute atomic E-state index is 0.679. The molecule has 0 aliphatic rings. The molecule has 8 heteroatoms. The molecule has 0 saturated carbocycles. The van der Waals surface area contributed by atoms with Gasteiger partial charge in [0.05, 0.1) is 11.6 Å². The van der Waals surface area contributed by atoms with Crippen molar-refractivity contribution in [2.75, 3.05) is 0 Å². The topological polar surface area (TPSA) is 51.5 Å². The van der Waals surface area contributed by atoms with Gasteiger partial charge in [0, 0.05) is 0 Å². The zero-order valence-electron chi connectivity index (χ0n) is 25.4. The van der Waals surface area contributed by atoms with E-state index < -0.39 is 33.8 Å². The first-order valence-electron chi connectivity index (χ1n) is 14.4. The Bertz CT molecular complexity index is 1030. The predicted octanol–water partition coefficient (Wildman–Crippen LogP) is 9.05. The van der Waals surface area contributed by atoms with Gasteiger partial charge >= 0.3 is 17.1 Å². The molecule has 0 bridgehead atoms. The Kier molecular flexibility index (Phi) is 12.4. The molecule has 0 saturated heterocycles. The Morgan fingerprint density at radius 3 is 1.61 bits per heavy atom. The molecular weight excluding hydrogens is 535 g/mol. The van der Waals surface area contributed by atoms with E-state index in [0.29, 0.717) is 5.56 Å². The summed E-state index contributed by atoms with van der Waals surface area (Å²) in [4.78, 5) is 0. The zero-order chi connectivity index (χ0) is 28.5. The molecule has 0 unspecified atom stereocenters. The number of hydrogen-bond acceptors (Lipinski definition) is 4. The first-order valence-corrected chi connectivity index (χ1v) is 26.1. The molecule has 210 valence electrons. The molecule has 0 amide bonds. The lowest BCUT2D eigenvalue weighted by atomic mass is 10.0. The minimum atomic E-state index is -2.41. The van der Waals surface area contributed by atoms with Crippen molar-refractivity contribution >= 4 is 38.9 Å². The van der Waals surface area contributed by atoms with Gasteiger partial charge in [-0.15, -0.1) is 0 Å². The van der Waals surface area contributed by atoms with E-state index in [1.807, 2.05) is 24.3 Å². The van der Waals surface area contributed by atoms with Crippen molar-refractivity contribution in [1.82, 2.24) is 0 Å². The summed E-state index contributed by atoms with van der Waals surface area (Å²) in [6.07, 6.45) is 9.36. The summed E-state index contributed by atoms with van der Waals surface area (Å²) in [5, 5.41) is 10.3. The minimum Gasteiger partial charge on any atom is -0.436 e. The second-order valence-corrected chi connectivity index (χ2v) is 28.2. The molecule has 2 aromatic carbocycles. The van der Waals surface area contributed by atoms with Crippen molar-refractivity contribution in [2.45, 2.75) is 110 Å². The SMILES string of the molecule is CCCCCCCCC[Si](C)(C)O[Si](C)(C)O[Si](C)(C)O[Si](C)(C)c1ccc(-c2ccc(C#N)cc2)cc1. The quantitative estimate of drug-likeness (QED) is 0.146. The summed E-state index contributed by atoms with van der Waals surface area (Å²) in [6.45, 7) is 20.3. The van der Waals surface area contributed by atoms with Crippen LogP contribution in [0.15, 0.2) is 48.5 Å². The van der Waals surface area contributed by atoms with Crippen molar-refractivity contribution in [3.05, 3.63) is 54.1 Å².